The number of nitrogens with zero attached hydrogens (tertiary/aromatic N) is 2. The van der Waals surface area contributed by atoms with E-state index in [4.69, 9.17) is 23.2 Å². The molecule has 0 atom stereocenters. The fourth-order valence-electron chi connectivity index (χ4n) is 3.30. The molecule has 2 aliphatic rings. The summed E-state index contributed by atoms with van der Waals surface area (Å²) in [5.41, 5.74) is 1.06. The molecule has 142 valence electrons. The molecule has 1 heterocycles. The summed E-state index contributed by atoms with van der Waals surface area (Å²) in [6.07, 6.45) is 4.68. The second-order valence-corrected chi connectivity index (χ2v) is 7.89. The highest BCUT2D eigenvalue weighted by Crippen LogP contribution is 2.29. The summed E-state index contributed by atoms with van der Waals surface area (Å²) < 4.78 is 0. The summed E-state index contributed by atoms with van der Waals surface area (Å²) in [5, 5.41) is 4.06. The van der Waals surface area contributed by atoms with Crippen LogP contribution in [0.3, 0.4) is 0 Å². The van der Waals surface area contributed by atoms with E-state index in [-0.39, 0.29) is 11.8 Å². The van der Waals surface area contributed by atoms with E-state index in [9.17, 15) is 9.59 Å². The number of benzene rings is 1. The highest BCUT2D eigenvalue weighted by Gasteiger charge is 2.30. The third kappa shape index (κ3) is 5.60. The van der Waals surface area contributed by atoms with Gasteiger partial charge in [0, 0.05) is 38.6 Å². The van der Waals surface area contributed by atoms with Crippen molar-refractivity contribution in [3.05, 3.63) is 33.8 Å². The molecular formula is C19H25Cl2N3O2. The van der Waals surface area contributed by atoms with Crippen LogP contribution in [0.5, 0.6) is 0 Å². The van der Waals surface area contributed by atoms with Crippen molar-refractivity contribution in [1.82, 2.24) is 15.1 Å². The molecule has 0 aromatic heterocycles. The van der Waals surface area contributed by atoms with Gasteiger partial charge in [0.05, 0.1) is 16.6 Å². The molecule has 0 radical (unpaired) electrons. The van der Waals surface area contributed by atoms with Crippen LogP contribution in [0.15, 0.2) is 18.2 Å². The Morgan fingerprint density at radius 2 is 2.08 bits per heavy atom. The molecule has 1 aromatic rings. The van der Waals surface area contributed by atoms with Gasteiger partial charge in [0.25, 0.3) is 0 Å². The van der Waals surface area contributed by atoms with Gasteiger partial charge in [0.1, 0.15) is 0 Å². The molecule has 1 saturated carbocycles. The van der Waals surface area contributed by atoms with Gasteiger partial charge in [0.2, 0.25) is 11.8 Å². The highest BCUT2D eigenvalue weighted by atomic mass is 35.5. The van der Waals surface area contributed by atoms with Crippen LogP contribution < -0.4 is 5.32 Å². The maximum atomic E-state index is 12.3. The van der Waals surface area contributed by atoms with E-state index in [1.807, 2.05) is 17.0 Å². The number of hydrogen-bond acceptors (Lipinski definition) is 3. The minimum atomic E-state index is 0.0321. The molecule has 1 aliphatic heterocycles. The second-order valence-electron chi connectivity index (χ2n) is 7.07. The molecule has 5 nitrogen and oxygen atoms in total. The van der Waals surface area contributed by atoms with Crippen LogP contribution in [0.25, 0.3) is 0 Å². The topological polar surface area (TPSA) is 52.7 Å². The molecule has 0 unspecified atom stereocenters. The zero-order valence-electron chi connectivity index (χ0n) is 14.8. The number of rotatable bonds is 9. The lowest BCUT2D eigenvalue weighted by molar-refractivity contribution is -0.127. The van der Waals surface area contributed by atoms with Crippen molar-refractivity contribution in [2.45, 2.75) is 44.7 Å². The molecule has 2 fully saturated rings. The molecule has 0 spiro atoms. The van der Waals surface area contributed by atoms with Gasteiger partial charge in [-0.2, -0.15) is 0 Å². The van der Waals surface area contributed by atoms with Gasteiger partial charge in [-0.25, -0.2) is 0 Å². The minimum Gasteiger partial charge on any atom is -0.355 e. The van der Waals surface area contributed by atoms with Crippen LogP contribution >= 0.6 is 23.2 Å². The summed E-state index contributed by atoms with van der Waals surface area (Å²) in [5.74, 6) is 0.266. The first-order chi connectivity index (χ1) is 12.5. The van der Waals surface area contributed by atoms with E-state index >= 15 is 0 Å². The summed E-state index contributed by atoms with van der Waals surface area (Å²) in [7, 11) is 0. The van der Waals surface area contributed by atoms with Crippen molar-refractivity contribution in [1.29, 1.82) is 0 Å². The van der Waals surface area contributed by atoms with E-state index in [0.29, 0.717) is 42.1 Å². The van der Waals surface area contributed by atoms with Gasteiger partial charge in [-0.05, 0) is 43.4 Å². The van der Waals surface area contributed by atoms with Gasteiger partial charge in [-0.1, -0.05) is 29.3 Å². The molecule has 1 N–H and O–H groups in total. The largest absolute Gasteiger partial charge is 0.355 e. The SMILES string of the molecule is O=C(CN(Cc1ccc(Cl)c(Cl)c1)C1CC1)NCCCN1CCCC1=O. The van der Waals surface area contributed by atoms with Crippen molar-refractivity contribution < 1.29 is 9.59 Å². The minimum absolute atomic E-state index is 0.0321. The molecule has 3 rings (SSSR count). The third-order valence-corrected chi connectivity index (χ3v) is 5.62. The Labute approximate surface area is 164 Å². The maximum absolute atomic E-state index is 12.3. The lowest BCUT2D eigenvalue weighted by Gasteiger charge is -2.22. The average Bonchev–Trinajstić information content (AvgIpc) is 3.37. The molecule has 1 aliphatic carbocycles. The molecule has 1 saturated heterocycles. The second kappa shape index (κ2) is 9.07. The standard InChI is InChI=1S/C19H25Cl2N3O2/c20-16-7-4-14(11-17(16)21)12-24(15-5-6-15)13-18(25)22-8-2-10-23-9-1-3-19(23)26/h4,7,11,15H,1-3,5-6,8-10,12-13H2,(H,22,25). The number of carbonyl (C=O) groups is 2. The quantitative estimate of drug-likeness (QED) is 0.651. The molecule has 2 amide bonds. The first-order valence-corrected chi connectivity index (χ1v) is 10.0. The Kier molecular flexibility index (Phi) is 6.79. The predicted molar refractivity (Wildman–Crippen MR) is 103 cm³/mol. The lowest BCUT2D eigenvalue weighted by atomic mass is 10.2. The number of amides is 2. The molecule has 0 bridgehead atoms. The van der Waals surface area contributed by atoms with Crippen LogP contribution in [0.2, 0.25) is 10.0 Å². The van der Waals surface area contributed by atoms with Gasteiger partial charge < -0.3 is 10.2 Å². The van der Waals surface area contributed by atoms with Crippen molar-refractivity contribution in [3.63, 3.8) is 0 Å². The Balaban J connectivity index is 1.41. The number of likely N-dealkylation sites (tertiary alicyclic amines) is 1. The average molecular weight is 398 g/mol. The monoisotopic (exact) mass is 397 g/mol. The van der Waals surface area contributed by atoms with Crippen molar-refractivity contribution in [2.24, 2.45) is 0 Å². The van der Waals surface area contributed by atoms with Crippen molar-refractivity contribution in [2.75, 3.05) is 26.2 Å². The fourth-order valence-corrected chi connectivity index (χ4v) is 3.63. The predicted octanol–water partition coefficient (Wildman–Crippen LogP) is 3.09. The molecule has 1 aromatic carbocycles. The number of halogens is 2. The molecule has 7 heteroatoms. The fraction of sp³-hybridized carbons (Fsp3) is 0.579. The number of nitrogens with one attached hydrogen (secondary N) is 1. The first-order valence-electron chi connectivity index (χ1n) is 9.25. The normalized spacial score (nSPS) is 17.2. The number of carbonyl (C=O) groups excluding carboxylic acids is 2. The zero-order chi connectivity index (χ0) is 18.5. The van der Waals surface area contributed by atoms with Gasteiger partial charge >= 0.3 is 0 Å². The Hall–Kier alpha value is -1.30. The molecular weight excluding hydrogens is 373 g/mol. The van der Waals surface area contributed by atoms with E-state index < -0.39 is 0 Å². The van der Waals surface area contributed by atoms with E-state index in [1.54, 1.807) is 6.07 Å². The Bertz CT molecular complexity index is 664. The third-order valence-electron chi connectivity index (χ3n) is 4.88. The first kappa shape index (κ1) is 19.5. The summed E-state index contributed by atoms with van der Waals surface area (Å²) in [6.45, 7) is 3.26. The van der Waals surface area contributed by atoms with Crippen LogP contribution in [0.1, 0.15) is 37.7 Å². The van der Waals surface area contributed by atoms with E-state index in [0.717, 1.165) is 44.3 Å². The highest BCUT2D eigenvalue weighted by molar-refractivity contribution is 6.42. The van der Waals surface area contributed by atoms with Crippen LogP contribution in [0, 0.1) is 0 Å². The van der Waals surface area contributed by atoms with Crippen LogP contribution in [-0.4, -0.2) is 53.8 Å². The summed E-state index contributed by atoms with van der Waals surface area (Å²) in [6, 6.07) is 6.08. The van der Waals surface area contributed by atoms with Gasteiger partial charge in [-0.15, -0.1) is 0 Å². The van der Waals surface area contributed by atoms with Crippen LogP contribution in [0.4, 0.5) is 0 Å². The maximum Gasteiger partial charge on any atom is 0.234 e. The number of hydrogen-bond donors (Lipinski definition) is 1. The smallest absolute Gasteiger partial charge is 0.234 e. The summed E-state index contributed by atoms with van der Waals surface area (Å²) in [4.78, 5) is 27.9. The van der Waals surface area contributed by atoms with Crippen molar-refractivity contribution in [3.8, 4) is 0 Å². The van der Waals surface area contributed by atoms with Crippen LogP contribution in [-0.2, 0) is 16.1 Å². The van der Waals surface area contributed by atoms with E-state index in [1.165, 1.54) is 0 Å². The van der Waals surface area contributed by atoms with Gasteiger partial charge in [-0.3, -0.25) is 14.5 Å². The summed E-state index contributed by atoms with van der Waals surface area (Å²) >= 11 is 12.1. The Morgan fingerprint density at radius 3 is 2.73 bits per heavy atom. The van der Waals surface area contributed by atoms with Gasteiger partial charge in [0.15, 0.2) is 0 Å². The van der Waals surface area contributed by atoms with Crippen molar-refractivity contribution >= 4 is 35.0 Å². The Morgan fingerprint density at radius 1 is 1.27 bits per heavy atom. The zero-order valence-corrected chi connectivity index (χ0v) is 16.4. The molecule has 26 heavy (non-hydrogen) atoms. The van der Waals surface area contributed by atoms with E-state index in [2.05, 4.69) is 10.2 Å². The lowest BCUT2D eigenvalue weighted by Crippen LogP contribution is -2.39.